The quantitative estimate of drug-likeness (QED) is 0.947. The highest BCUT2D eigenvalue weighted by atomic mass is 35.5. The van der Waals surface area contributed by atoms with E-state index in [0.29, 0.717) is 28.0 Å². The van der Waals surface area contributed by atoms with Gasteiger partial charge in [-0.05, 0) is 29.8 Å². The molecule has 0 aliphatic rings. The number of aromatic nitrogens is 1. The van der Waals surface area contributed by atoms with Gasteiger partial charge in [0.1, 0.15) is 5.69 Å². The van der Waals surface area contributed by atoms with E-state index < -0.39 is 0 Å². The first kappa shape index (κ1) is 14.6. The van der Waals surface area contributed by atoms with Crippen molar-refractivity contribution in [2.75, 3.05) is 12.8 Å². The molecular formula is C14H13Cl2N3O. The fourth-order valence-electron chi connectivity index (χ4n) is 1.70. The lowest BCUT2D eigenvalue weighted by Crippen LogP contribution is -2.27. The van der Waals surface area contributed by atoms with Crippen molar-refractivity contribution in [3.63, 3.8) is 0 Å². The first-order valence-corrected chi connectivity index (χ1v) is 6.64. The summed E-state index contributed by atoms with van der Waals surface area (Å²) in [5, 5.41) is 1.09. The third-order valence-electron chi connectivity index (χ3n) is 2.77. The number of nitrogen functional groups attached to an aromatic ring is 1. The molecule has 4 nitrogen and oxygen atoms in total. The van der Waals surface area contributed by atoms with Gasteiger partial charge in [0.15, 0.2) is 0 Å². The lowest BCUT2D eigenvalue weighted by Gasteiger charge is -2.17. The Balaban J connectivity index is 2.13. The molecule has 2 rings (SSSR count). The molecule has 0 aliphatic heterocycles. The van der Waals surface area contributed by atoms with Gasteiger partial charge in [0.05, 0.1) is 11.9 Å². The minimum atomic E-state index is -0.198. The maximum Gasteiger partial charge on any atom is 0.272 e. The number of benzene rings is 1. The van der Waals surface area contributed by atoms with Gasteiger partial charge in [-0.2, -0.15) is 0 Å². The average Bonchev–Trinajstić information content (AvgIpc) is 2.42. The zero-order valence-electron chi connectivity index (χ0n) is 10.8. The highest BCUT2D eigenvalue weighted by Crippen LogP contribution is 2.22. The summed E-state index contributed by atoms with van der Waals surface area (Å²) in [6, 6.07) is 8.42. The first-order valence-electron chi connectivity index (χ1n) is 5.88. The minimum absolute atomic E-state index is 0.198. The van der Waals surface area contributed by atoms with Crippen LogP contribution in [0.5, 0.6) is 0 Å². The number of halogens is 2. The van der Waals surface area contributed by atoms with E-state index in [1.54, 1.807) is 37.4 Å². The van der Waals surface area contributed by atoms with Gasteiger partial charge in [-0.3, -0.25) is 4.79 Å². The smallest absolute Gasteiger partial charge is 0.272 e. The molecule has 1 amide bonds. The number of nitrogens with two attached hydrogens (primary N) is 1. The molecule has 2 aromatic rings. The van der Waals surface area contributed by atoms with Gasteiger partial charge >= 0.3 is 0 Å². The third kappa shape index (κ3) is 3.40. The largest absolute Gasteiger partial charge is 0.397 e. The molecule has 1 aromatic carbocycles. The number of amides is 1. The molecule has 0 saturated heterocycles. The average molecular weight is 310 g/mol. The van der Waals surface area contributed by atoms with E-state index >= 15 is 0 Å². The van der Waals surface area contributed by atoms with Crippen LogP contribution in [0.4, 0.5) is 5.69 Å². The van der Waals surface area contributed by atoms with Crippen molar-refractivity contribution in [2.24, 2.45) is 0 Å². The number of hydrogen-bond donors (Lipinski definition) is 1. The topological polar surface area (TPSA) is 59.2 Å². The summed E-state index contributed by atoms with van der Waals surface area (Å²) < 4.78 is 0. The van der Waals surface area contributed by atoms with E-state index in [0.717, 1.165) is 5.56 Å². The molecule has 0 fully saturated rings. The third-order valence-corrected chi connectivity index (χ3v) is 3.36. The summed E-state index contributed by atoms with van der Waals surface area (Å²) in [5.41, 5.74) is 7.22. The van der Waals surface area contributed by atoms with Gasteiger partial charge < -0.3 is 10.6 Å². The lowest BCUT2D eigenvalue weighted by atomic mass is 10.2. The Morgan fingerprint density at radius 3 is 2.65 bits per heavy atom. The van der Waals surface area contributed by atoms with E-state index in [1.165, 1.54) is 11.1 Å². The lowest BCUT2D eigenvalue weighted by molar-refractivity contribution is 0.0779. The molecule has 20 heavy (non-hydrogen) atoms. The second kappa shape index (κ2) is 6.11. The Bertz CT molecular complexity index is 629. The van der Waals surface area contributed by atoms with E-state index in [4.69, 9.17) is 28.9 Å². The van der Waals surface area contributed by atoms with Crippen LogP contribution in [-0.2, 0) is 6.54 Å². The van der Waals surface area contributed by atoms with Crippen molar-refractivity contribution in [1.82, 2.24) is 9.88 Å². The second-order valence-electron chi connectivity index (χ2n) is 4.37. The molecule has 104 valence electrons. The van der Waals surface area contributed by atoms with Crippen molar-refractivity contribution in [3.8, 4) is 0 Å². The van der Waals surface area contributed by atoms with E-state index in [1.807, 2.05) is 0 Å². The van der Waals surface area contributed by atoms with Crippen LogP contribution < -0.4 is 5.73 Å². The molecule has 2 N–H and O–H groups in total. The van der Waals surface area contributed by atoms with Crippen LogP contribution in [0.15, 0.2) is 36.5 Å². The van der Waals surface area contributed by atoms with Gasteiger partial charge in [0.2, 0.25) is 0 Å². The molecule has 6 heteroatoms. The fourth-order valence-corrected chi connectivity index (χ4v) is 2.17. The Morgan fingerprint density at radius 2 is 2.05 bits per heavy atom. The Labute approximate surface area is 127 Å². The molecule has 0 radical (unpaired) electrons. The minimum Gasteiger partial charge on any atom is -0.397 e. The van der Waals surface area contributed by atoms with Crippen molar-refractivity contribution in [1.29, 1.82) is 0 Å². The first-order chi connectivity index (χ1) is 9.47. The van der Waals surface area contributed by atoms with E-state index in [9.17, 15) is 4.79 Å². The number of carbonyl (C=O) groups is 1. The van der Waals surface area contributed by atoms with Crippen LogP contribution in [0.25, 0.3) is 0 Å². The summed E-state index contributed by atoms with van der Waals surface area (Å²) in [6.07, 6.45) is 1.45. The van der Waals surface area contributed by atoms with E-state index in [-0.39, 0.29) is 5.91 Å². The molecule has 0 spiro atoms. The van der Waals surface area contributed by atoms with Crippen LogP contribution >= 0.6 is 23.2 Å². The number of nitrogens with zero attached hydrogens (tertiary/aromatic N) is 2. The normalized spacial score (nSPS) is 10.3. The number of rotatable bonds is 3. The van der Waals surface area contributed by atoms with Crippen LogP contribution in [0.1, 0.15) is 16.1 Å². The van der Waals surface area contributed by atoms with Crippen molar-refractivity contribution < 1.29 is 4.79 Å². The molecule has 0 bridgehead atoms. The Kier molecular flexibility index (Phi) is 4.47. The molecule has 1 heterocycles. The summed E-state index contributed by atoms with van der Waals surface area (Å²) in [4.78, 5) is 17.7. The van der Waals surface area contributed by atoms with Gasteiger partial charge in [0, 0.05) is 23.6 Å². The monoisotopic (exact) mass is 309 g/mol. The maximum absolute atomic E-state index is 12.2. The number of anilines is 1. The zero-order chi connectivity index (χ0) is 14.7. The summed E-state index contributed by atoms with van der Waals surface area (Å²) >= 11 is 11.9. The molecule has 0 atom stereocenters. The Hall–Kier alpha value is -1.78. The zero-order valence-corrected chi connectivity index (χ0v) is 12.3. The highest BCUT2D eigenvalue weighted by molar-refractivity contribution is 6.35. The van der Waals surface area contributed by atoms with Crippen LogP contribution in [0, 0.1) is 0 Å². The van der Waals surface area contributed by atoms with E-state index in [2.05, 4.69) is 4.98 Å². The van der Waals surface area contributed by atoms with Crippen molar-refractivity contribution in [3.05, 3.63) is 57.8 Å². The van der Waals surface area contributed by atoms with Gasteiger partial charge in [0.25, 0.3) is 5.91 Å². The maximum atomic E-state index is 12.2. The van der Waals surface area contributed by atoms with Crippen LogP contribution in [0.2, 0.25) is 10.0 Å². The fraction of sp³-hybridized carbons (Fsp3) is 0.143. The van der Waals surface area contributed by atoms with Crippen LogP contribution in [0.3, 0.4) is 0 Å². The van der Waals surface area contributed by atoms with Gasteiger partial charge in [-0.1, -0.05) is 29.3 Å². The number of hydrogen-bond acceptors (Lipinski definition) is 3. The molecule has 0 unspecified atom stereocenters. The summed E-state index contributed by atoms with van der Waals surface area (Å²) in [5.74, 6) is -0.198. The molecular weight excluding hydrogens is 297 g/mol. The Morgan fingerprint density at radius 1 is 1.30 bits per heavy atom. The van der Waals surface area contributed by atoms with Crippen LogP contribution in [-0.4, -0.2) is 22.8 Å². The predicted molar refractivity (Wildman–Crippen MR) is 80.9 cm³/mol. The molecule has 0 saturated carbocycles. The number of pyridine rings is 1. The van der Waals surface area contributed by atoms with Gasteiger partial charge in [-0.25, -0.2) is 4.98 Å². The molecule has 1 aromatic heterocycles. The van der Waals surface area contributed by atoms with Gasteiger partial charge in [-0.15, -0.1) is 0 Å². The second-order valence-corrected chi connectivity index (χ2v) is 5.22. The highest BCUT2D eigenvalue weighted by Gasteiger charge is 2.14. The molecule has 0 aliphatic carbocycles. The number of carbonyl (C=O) groups excluding carboxylic acids is 1. The van der Waals surface area contributed by atoms with Crippen molar-refractivity contribution >= 4 is 34.8 Å². The summed E-state index contributed by atoms with van der Waals surface area (Å²) in [7, 11) is 1.69. The summed E-state index contributed by atoms with van der Waals surface area (Å²) in [6.45, 7) is 0.376. The SMILES string of the molecule is CN(Cc1ccc(Cl)cc1Cl)C(=O)c1ccc(N)cn1. The standard InChI is InChI=1S/C14H13Cl2N3O/c1-19(8-9-2-3-10(15)6-12(9)16)14(20)13-5-4-11(17)7-18-13/h2-7H,8,17H2,1H3. The predicted octanol–water partition coefficient (Wildman–Crippen LogP) is 3.24. The van der Waals surface area contributed by atoms with Crippen molar-refractivity contribution in [2.45, 2.75) is 6.54 Å².